The molecule has 0 aromatic carbocycles. The molecule has 0 spiro atoms. The maximum Gasteiger partial charge on any atom is 0.310 e. The van der Waals surface area contributed by atoms with Crippen molar-refractivity contribution >= 4 is 11.9 Å². The van der Waals surface area contributed by atoms with Gasteiger partial charge in [-0.15, -0.1) is 0 Å². The van der Waals surface area contributed by atoms with E-state index >= 15 is 0 Å². The minimum absolute atomic E-state index is 0.0154. The highest BCUT2D eigenvalue weighted by Gasteiger charge is 2.17. The van der Waals surface area contributed by atoms with Gasteiger partial charge in [0.25, 0.3) is 0 Å². The molecule has 0 saturated carbocycles. The largest absolute Gasteiger partial charge is 0.481 e. The number of nitrogens with one attached hydrogen (secondary N) is 1. The second kappa shape index (κ2) is 19.4. The van der Waals surface area contributed by atoms with Crippen LogP contribution in [0, 0.1) is 5.92 Å². The molecule has 0 aliphatic heterocycles. The van der Waals surface area contributed by atoms with E-state index in [2.05, 4.69) is 12.2 Å². The third-order valence-corrected chi connectivity index (χ3v) is 4.72. The zero-order chi connectivity index (χ0) is 20.2. The molecule has 0 aliphatic carbocycles. The van der Waals surface area contributed by atoms with Gasteiger partial charge in [-0.05, 0) is 19.3 Å². The van der Waals surface area contributed by atoms with Crippen LogP contribution < -0.4 is 5.32 Å². The van der Waals surface area contributed by atoms with Gasteiger partial charge in [-0.2, -0.15) is 0 Å². The summed E-state index contributed by atoms with van der Waals surface area (Å²) in [6.45, 7) is 2.64. The fourth-order valence-electron chi connectivity index (χ4n) is 3.00. The van der Waals surface area contributed by atoms with Crippen LogP contribution in [0.4, 0.5) is 0 Å². The Kier molecular flexibility index (Phi) is 18.4. The molecule has 1 atom stereocenters. The van der Waals surface area contributed by atoms with E-state index < -0.39 is 11.9 Å². The van der Waals surface area contributed by atoms with Gasteiger partial charge in [-0.1, -0.05) is 83.3 Å². The van der Waals surface area contributed by atoms with Gasteiger partial charge in [0.2, 0.25) is 5.91 Å². The Morgan fingerprint density at radius 3 is 1.96 bits per heavy atom. The third kappa shape index (κ3) is 17.8. The summed E-state index contributed by atoms with van der Waals surface area (Å²) in [6, 6.07) is 0. The molecule has 3 N–H and O–H groups in total. The number of amides is 1. The van der Waals surface area contributed by atoms with Gasteiger partial charge < -0.3 is 15.5 Å². The van der Waals surface area contributed by atoms with Crippen LogP contribution in [0.15, 0.2) is 12.2 Å². The molecule has 0 saturated heterocycles. The zero-order valence-corrected chi connectivity index (χ0v) is 17.3. The predicted octanol–water partition coefficient (Wildman–Crippen LogP) is 4.83. The Morgan fingerprint density at radius 1 is 0.889 bits per heavy atom. The molecule has 0 radical (unpaired) electrons. The summed E-state index contributed by atoms with van der Waals surface area (Å²) in [6.07, 6.45) is 19.1. The summed E-state index contributed by atoms with van der Waals surface area (Å²) in [5.74, 6) is -2.02. The van der Waals surface area contributed by atoms with Crippen molar-refractivity contribution in [3.63, 3.8) is 0 Å². The summed E-state index contributed by atoms with van der Waals surface area (Å²) < 4.78 is 0. The summed E-state index contributed by atoms with van der Waals surface area (Å²) >= 11 is 0. The summed E-state index contributed by atoms with van der Waals surface area (Å²) in [5, 5.41) is 20.5. The van der Waals surface area contributed by atoms with Gasteiger partial charge in [-0.3, -0.25) is 9.59 Å². The lowest BCUT2D eigenvalue weighted by Gasteiger charge is -2.08. The maximum atomic E-state index is 11.7. The van der Waals surface area contributed by atoms with Gasteiger partial charge in [-0.25, -0.2) is 0 Å². The van der Waals surface area contributed by atoms with Gasteiger partial charge in [0.1, 0.15) is 0 Å². The molecule has 0 rings (SSSR count). The van der Waals surface area contributed by atoms with Crippen molar-refractivity contribution in [1.82, 2.24) is 5.32 Å². The Labute approximate surface area is 165 Å². The van der Waals surface area contributed by atoms with Gasteiger partial charge in [0, 0.05) is 19.6 Å². The first-order valence-electron chi connectivity index (χ1n) is 10.9. The van der Waals surface area contributed by atoms with Crippen molar-refractivity contribution in [2.24, 2.45) is 5.92 Å². The summed E-state index contributed by atoms with van der Waals surface area (Å²) in [5.41, 5.74) is 0. The predicted molar refractivity (Wildman–Crippen MR) is 111 cm³/mol. The van der Waals surface area contributed by atoms with E-state index in [0.29, 0.717) is 13.0 Å². The number of unbranched alkanes of at least 4 members (excludes halogenated alkanes) is 11. The Morgan fingerprint density at radius 2 is 1.44 bits per heavy atom. The van der Waals surface area contributed by atoms with Crippen molar-refractivity contribution in [2.45, 2.75) is 96.8 Å². The third-order valence-electron chi connectivity index (χ3n) is 4.72. The van der Waals surface area contributed by atoms with Crippen molar-refractivity contribution in [3.8, 4) is 0 Å². The van der Waals surface area contributed by atoms with Crippen molar-refractivity contribution in [2.75, 3.05) is 13.2 Å². The lowest BCUT2D eigenvalue weighted by Crippen LogP contribution is -2.28. The fourth-order valence-corrected chi connectivity index (χ4v) is 3.00. The first-order chi connectivity index (χ1) is 13.1. The number of hydrogen-bond donors (Lipinski definition) is 3. The molecule has 0 aromatic rings. The number of aliphatic hydroxyl groups excluding tert-OH is 1. The lowest BCUT2D eigenvalue weighted by atomic mass is 10.0. The first kappa shape index (κ1) is 25.6. The molecule has 27 heavy (non-hydrogen) atoms. The number of carbonyl (C=O) groups is 2. The van der Waals surface area contributed by atoms with Crippen LogP contribution in [0.3, 0.4) is 0 Å². The number of allylic oxidation sites excluding steroid dienone is 1. The normalized spacial score (nSPS) is 12.4. The molecule has 5 heteroatoms. The van der Waals surface area contributed by atoms with Crippen LogP contribution in [0.2, 0.25) is 0 Å². The molecule has 1 unspecified atom stereocenters. The SMILES string of the molecule is CCCCCCCCCCCCCC=CC(CC(=O)NCCCO)C(=O)O. The Hall–Kier alpha value is -1.36. The molecule has 0 aromatic heterocycles. The van der Waals surface area contributed by atoms with Crippen LogP contribution in [-0.2, 0) is 9.59 Å². The van der Waals surface area contributed by atoms with E-state index in [-0.39, 0.29) is 18.9 Å². The van der Waals surface area contributed by atoms with Crippen LogP contribution >= 0.6 is 0 Å². The molecule has 0 heterocycles. The molecule has 0 bridgehead atoms. The molecule has 0 fully saturated rings. The number of carboxylic acid groups (broad SMARTS) is 1. The number of rotatable bonds is 19. The Balaban J connectivity index is 3.67. The summed E-state index contributed by atoms with van der Waals surface area (Å²) in [7, 11) is 0. The highest BCUT2D eigenvalue weighted by Crippen LogP contribution is 2.13. The molecule has 0 aliphatic rings. The molecule has 5 nitrogen and oxygen atoms in total. The molecular formula is C22H41NO4. The molecule has 1 amide bonds. The molecule has 158 valence electrons. The van der Waals surface area contributed by atoms with Crippen molar-refractivity contribution < 1.29 is 19.8 Å². The van der Waals surface area contributed by atoms with E-state index in [4.69, 9.17) is 5.11 Å². The maximum absolute atomic E-state index is 11.7. The van der Waals surface area contributed by atoms with Crippen LogP contribution in [0.5, 0.6) is 0 Å². The summed E-state index contributed by atoms with van der Waals surface area (Å²) in [4.78, 5) is 22.9. The van der Waals surface area contributed by atoms with E-state index in [1.54, 1.807) is 6.08 Å². The van der Waals surface area contributed by atoms with E-state index in [1.807, 2.05) is 6.08 Å². The van der Waals surface area contributed by atoms with Crippen LogP contribution in [0.1, 0.15) is 96.8 Å². The van der Waals surface area contributed by atoms with Crippen molar-refractivity contribution in [3.05, 3.63) is 12.2 Å². The monoisotopic (exact) mass is 383 g/mol. The highest BCUT2D eigenvalue weighted by molar-refractivity contribution is 5.83. The van der Waals surface area contributed by atoms with E-state index in [9.17, 15) is 14.7 Å². The number of carboxylic acids is 1. The quantitative estimate of drug-likeness (QED) is 0.220. The Bertz CT molecular complexity index is 396. The number of aliphatic carboxylic acids is 1. The number of aliphatic hydroxyl groups is 1. The van der Waals surface area contributed by atoms with E-state index in [0.717, 1.165) is 12.8 Å². The standard InChI is InChI=1S/C22H41NO4/c1-2-3-4-5-6-7-8-9-10-11-12-13-14-16-20(22(26)27)19-21(25)23-17-15-18-24/h14,16,20,24H,2-13,15,17-19H2,1H3,(H,23,25)(H,26,27). The minimum atomic E-state index is -0.970. The smallest absolute Gasteiger partial charge is 0.310 e. The van der Waals surface area contributed by atoms with E-state index in [1.165, 1.54) is 64.2 Å². The van der Waals surface area contributed by atoms with Crippen LogP contribution in [0.25, 0.3) is 0 Å². The number of carbonyl (C=O) groups excluding carboxylic acids is 1. The van der Waals surface area contributed by atoms with Crippen molar-refractivity contribution in [1.29, 1.82) is 0 Å². The first-order valence-corrected chi connectivity index (χ1v) is 10.9. The second-order valence-corrected chi connectivity index (χ2v) is 7.33. The van der Waals surface area contributed by atoms with Gasteiger partial charge >= 0.3 is 5.97 Å². The van der Waals surface area contributed by atoms with Gasteiger partial charge in [0.15, 0.2) is 0 Å². The second-order valence-electron chi connectivity index (χ2n) is 7.33. The average molecular weight is 384 g/mol. The molecular weight excluding hydrogens is 342 g/mol. The minimum Gasteiger partial charge on any atom is -0.481 e. The lowest BCUT2D eigenvalue weighted by molar-refractivity contribution is -0.142. The number of hydrogen-bond acceptors (Lipinski definition) is 3. The van der Waals surface area contributed by atoms with Crippen LogP contribution in [-0.4, -0.2) is 35.2 Å². The fraction of sp³-hybridized carbons (Fsp3) is 0.818. The topological polar surface area (TPSA) is 86.6 Å². The highest BCUT2D eigenvalue weighted by atomic mass is 16.4. The zero-order valence-electron chi connectivity index (χ0n) is 17.3. The average Bonchev–Trinajstić information content (AvgIpc) is 2.64. The van der Waals surface area contributed by atoms with Gasteiger partial charge in [0.05, 0.1) is 5.92 Å².